The molecule has 0 aliphatic heterocycles. The maximum Gasteiger partial charge on any atom is 0.233 e. The quantitative estimate of drug-likeness (QED) is 0.631. The standard InChI is InChI=1S/C19H21N3O2S/c1-14-6-7-16(11-15(14)2)22-9-8-20-19(22)25-13-18(23)21(3)12-17-5-4-10-24-17/h4-11H,12-13H2,1-3H3. The highest BCUT2D eigenvalue weighted by Crippen LogP contribution is 2.22. The third-order valence-corrected chi connectivity index (χ3v) is 5.05. The van der Waals surface area contributed by atoms with Crippen molar-refractivity contribution in [2.75, 3.05) is 12.8 Å². The summed E-state index contributed by atoms with van der Waals surface area (Å²) in [5, 5.41) is 0.808. The van der Waals surface area contributed by atoms with Crippen molar-refractivity contribution in [3.8, 4) is 5.69 Å². The number of carbonyl (C=O) groups excluding carboxylic acids is 1. The van der Waals surface area contributed by atoms with Crippen LogP contribution in [0.1, 0.15) is 16.9 Å². The zero-order valence-corrected chi connectivity index (χ0v) is 15.4. The van der Waals surface area contributed by atoms with E-state index in [-0.39, 0.29) is 5.91 Å². The minimum atomic E-state index is 0.0380. The second kappa shape index (κ2) is 7.61. The van der Waals surface area contributed by atoms with Gasteiger partial charge in [-0.2, -0.15) is 0 Å². The Bertz CT molecular complexity index is 855. The Hall–Kier alpha value is -2.47. The number of hydrogen-bond acceptors (Lipinski definition) is 4. The second-order valence-corrected chi connectivity index (χ2v) is 6.91. The third-order valence-electron chi connectivity index (χ3n) is 4.10. The summed E-state index contributed by atoms with van der Waals surface area (Å²) in [6.45, 7) is 4.66. The van der Waals surface area contributed by atoms with Gasteiger partial charge in [0.25, 0.3) is 0 Å². The van der Waals surface area contributed by atoms with Crippen molar-refractivity contribution < 1.29 is 9.21 Å². The molecule has 1 amide bonds. The molecule has 25 heavy (non-hydrogen) atoms. The summed E-state index contributed by atoms with van der Waals surface area (Å²) in [6.07, 6.45) is 5.29. The molecule has 1 aromatic carbocycles. The van der Waals surface area contributed by atoms with Crippen LogP contribution in [0.25, 0.3) is 5.69 Å². The SMILES string of the molecule is Cc1ccc(-n2ccnc2SCC(=O)N(C)Cc2ccco2)cc1C. The fourth-order valence-electron chi connectivity index (χ4n) is 2.43. The Balaban J connectivity index is 1.65. The Morgan fingerprint density at radius 2 is 2.12 bits per heavy atom. The van der Waals surface area contributed by atoms with Gasteiger partial charge in [-0.05, 0) is 49.2 Å². The molecular formula is C19H21N3O2S. The minimum Gasteiger partial charge on any atom is -0.467 e. The van der Waals surface area contributed by atoms with Crippen LogP contribution in [0.4, 0.5) is 0 Å². The first-order chi connectivity index (χ1) is 12.0. The van der Waals surface area contributed by atoms with Gasteiger partial charge in [0.2, 0.25) is 5.91 Å². The maximum atomic E-state index is 12.3. The van der Waals surface area contributed by atoms with Crippen LogP contribution in [-0.2, 0) is 11.3 Å². The Morgan fingerprint density at radius 3 is 2.84 bits per heavy atom. The van der Waals surface area contributed by atoms with Crippen molar-refractivity contribution in [2.24, 2.45) is 0 Å². The zero-order chi connectivity index (χ0) is 17.8. The van der Waals surface area contributed by atoms with Gasteiger partial charge in [0.1, 0.15) is 5.76 Å². The largest absolute Gasteiger partial charge is 0.467 e. The molecule has 5 nitrogen and oxygen atoms in total. The number of benzene rings is 1. The van der Waals surface area contributed by atoms with Gasteiger partial charge in [-0.3, -0.25) is 9.36 Å². The van der Waals surface area contributed by atoms with E-state index < -0.39 is 0 Å². The van der Waals surface area contributed by atoms with Crippen LogP contribution in [-0.4, -0.2) is 33.2 Å². The zero-order valence-electron chi connectivity index (χ0n) is 14.6. The van der Waals surface area contributed by atoms with Crippen LogP contribution >= 0.6 is 11.8 Å². The number of nitrogens with zero attached hydrogens (tertiary/aromatic N) is 3. The molecule has 3 rings (SSSR count). The predicted octanol–water partition coefficient (Wildman–Crippen LogP) is 3.83. The van der Waals surface area contributed by atoms with Crippen LogP contribution in [0.15, 0.2) is 58.6 Å². The molecule has 2 heterocycles. The fourth-order valence-corrected chi connectivity index (χ4v) is 3.34. The highest BCUT2D eigenvalue weighted by atomic mass is 32.2. The van der Waals surface area contributed by atoms with Gasteiger partial charge < -0.3 is 9.32 Å². The number of carbonyl (C=O) groups is 1. The summed E-state index contributed by atoms with van der Waals surface area (Å²) in [7, 11) is 1.78. The lowest BCUT2D eigenvalue weighted by Crippen LogP contribution is -2.27. The predicted molar refractivity (Wildman–Crippen MR) is 98.9 cm³/mol. The lowest BCUT2D eigenvalue weighted by atomic mass is 10.1. The van der Waals surface area contributed by atoms with Crippen LogP contribution in [0.2, 0.25) is 0 Å². The van der Waals surface area contributed by atoms with E-state index in [1.165, 1.54) is 22.9 Å². The monoisotopic (exact) mass is 355 g/mol. The molecule has 0 fully saturated rings. The van der Waals surface area contributed by atoms with Gasteiger partial charge in [0, 0.05) is 25.1 Å². The van der Waals surface area contributed by atoms with Crippen molar-refractivity contribution >= 4 is 17.7 Å². The molecule has 0 atom stereocenters. The van der Waals surface area contributed by atoms with E-state index in [1.54, 1.807) is 24.4 Å². The van der Waals surface area contributed by atoms with Crippen LogP contribution < -0.4 is 0 Å². The molecule has 0 aliphatic carbocycles. The van der Waals surface area contributed by atoms with Crippen LogP contribution in [0.5, 0.6) is 0 Å². The molecule has 0 spiro atoms. The first kappa shape index (κ1) is 17.4. The number of furan rings is 1. The van der Waals surface area contributed by atoms with Gasteiger partial charge in [0.15, 0.2) is 5.16 Å². The van der Waals surface area contributed by atoms with Crippen molar-refractivity contribution in [1.29, 1.82) is 0 Å². The summed E-state index contributed by atoms with van der Waals surface area (Å²) in [5.41, 5.74) is 3.55. The van der Waals surface area contributed by atoms with Gasteiger partial charge in [0.05, 0.1) is 18.6 Å². The summed E-state index contributed by atoms with van der Waals surface area (Å²) < 4.78 is 7.30. The molecular weight excluding hydrogens is 334 g/mol. The van der Waals surface area contributed by atoms with E-state index in [4.69, 9.17) is 4.42 Å². The highest BCUT2D eigenvalue weighted by Gasteiger charge is 2.14. The summed E-state index contributed by atoms with van der Waals surface area (Å²) in [6, 6.07) is 9.98. The van der Waals surface area contributed by atoms with Gasteiger partial charge >= 0.3 is 0 Å². The van der Waals surface area contributed by atoms with E-state index in [0.717, 1.165) is 16.6 Å². The van der Waals surface area contributed by atoms with Gasteiger partial charge in [-0.15, -0.1) is 0 Å². The number of hydrogen-bond donors (Lipinski definition) is 0. The number of amides is 1. The minimum absolute atomic E-state index is 0.0380. The molecule has 0 unspecified atom stereocenters. The normalized spacial score (nSPS) is 10.8. The molecule has 0 aliphatic rings. The molecule has 3 aromatic rings. The fraction of sp³-hybridized carbons (Fsp3) is 0.263. The molecule has 0 radical (unpaired) electrons. The third kappa shape index (κ3) is 4.14. The number of thioether (sulfide) groups is 1. The second-order valence-electron chi connectivity index (χ2n) is 5.97. The molecule has 2 aromatic heterocycles. The average Bonchev–Trinajstić information content (AvgIpc) is 3.26. The van der Waals surface area contributed by atoms with Gasteiger partial charge in [-0.25, -0.2) is 4.98 Å². The Labute approximate surface area is 151 Å². The Morgan fingerprint density at radius 1 is 1.28 bits per heavy atom. The van der Waals surface area contributed by atoms with E-state index in [1.807, 2.05) is 22.9 Å². The van der Waals surface area contributed by atoms with Gasteiger partial charge in [-0.1, -0.05) is 17.8 Å². The summed E-state index contributed by atoms with van der Waals surface area (Å²) >= 11 is 1.44. The smallest absolute Gasteiger partial charge is 0.233 e. The molecule has 130 valence electrons. The Kier molecular flexibility index (Phi) is 5.28. The number of imidazole rings is 1. The molecule has 0 saturated carbocycles. The lowest BCUT2D eigenvalue weighted by molar-refractivity contribution is -0.127. The maximum absolute atomic E-state index is 12.3. The number of rotatable bonds is 6. The van der Waals surface area contributed by atoms with E-state index in [9.17, 15) is 4.79 Å². The number of aromatic nitrogens is 2. The number of aryl methyl sites for hydroxylation is 2. The van der Waals surface area contributed by atoms with Crippen LogP contribution in [0.3, 0.4) is 0 Å². The summed E-state index contributed by atoms with van der Waals surface area (Å²) in [4.78, 5) is 18.4. The van der Waals surface area contributed by atoms with Crippen LogP contribution in [0, 0.1) is 13.8 Å². The van der Waals surface area contributed by atoms with E-state index in [0.29, 0.717) is 12.3 Å². The van der Waals surface area contributed by atoms with Crippen molar-refractivity contribution in [2.45, 2.75) is 25.5 Å². The summed E-state index contributed by atoms with van der Waals surface area (Å²) in [5.74, 6) is 1.15. The molecule has 0 N–H and O–H groups in total. The molecule has 0 bridgehead atoms. The average molecular weight is 355 g/mol. The topological polar surface area (TPSA) is 51.3 Å². The first-order valence-electron chi connectivity index (χ1n) is 8.04. The van der Waals surface area contributed by atoms with Crippen molar-refractivity contribution in [3.63, 3.8) is 0 Å². The lowest BCUT2D eigenvalue weighted by Gasteiger charge is -2.15. The highest BCUT2D eigenvalue weighted by molar-refractivity contribution is 7.99. The first-order valence-corrected chi connectivity index (χ1v) is 9.03. The van der Waals surface area contributed by atoms with Crippen molar-refractivity contribution in [3.05, 3.63) is 65.9 Å². The molecule has 0 saturated heterocycles. The van der Waals surface area contributed by atoms with E-state index in [2.05, 4.69) is 37.0 Å². The van der Waals surface area contributed by atoms with Crippen molar-refractivity contribution in [1.82, 2.24) is 14.5 Å². The van der Waals surface area contributed by atoms with E-state index >= 15 is 0 Å². The molecule has 6 heteroatoms.